The molecule has 0 unspecified atom stereocenters. The molecular weight excluding hydrogens is 438 g/mol. The van der Waals surface area contributed by atoms with E-state index in [2.05, 4.69) is 43.4 Å². The summed E-state index contributed by atoms with van der Waals surface area (Å²) in [6, 6.07) is 27.5. The monoisotopic (exact) mass is 473 g/mol. The molecule has 0 aromatic heterocycles. The maximum Gasteiger partial charge on any atom is 0.323 e. The highest BCUT2D eigenvalue weighted by Crippen LogP contribution is 2.13. The summed E-state index contributed by atoms with van der Waals surface area (Å²) in [6.45, 7) is 4.93. The van der Waals surface area contributed by atoms with Crippen molar-refractivity contribution in [2.24, 2.45) is 5.92 Å². The van der Waals surface area contributed by atoms with Gasteiger partial charge in [0.25, 0.3) is 0 Å². The Bertz CT molecular complexity index is 1050. The van der Waals surface area contributed by atoms with Crippen molar-refractivity contribution in [2.75, 3.05) is 6.54 Å². The third-order valence-electron chi connectivity index (χ3n) is 5.58. The van der Waals surface area contributed by atoms with Crippen LogP contribution in [0.5, 0.6) is 0 Å². The molecule has 0 aliphatic carbocycles. The minimum Gasteiger partial charge on any atom is -0.461 e. The molecule has 35 heavy (non-hydrogen) atoms. The first-order valence-corrected chi connectivity index (χ1v) is 12.2. The van der Waals surface area contributed by atoms with Crippen molar-refractivity contribution in [3.05, 3.63) is 107 Å². The highest BCUT2D eigenvalue weighted by Gasteiger charge is 2.21. The Morgan fingerprint density at radius 1 is 0.743 bits per heavy atom. The Balaban J connectivity index is 1.42. The summed E-state index contributed by atoms with van der Waals surface area (Å²) in [5.74, 6) is -0.287. The lowest BCUT2D eigenvalue weighted by Gasteiger charge is -2.19. The number of esters is 2. The van der Waals surface area contributed by atoms with Gasteiger partial charge in [-0.3, -0.25) is 9.59 Å². The maximum absolute atomic E-state index is 12.6. The number of carbonyl (C=O) groups excluding carboxylic acids is 2. The van der Waals surface area contributed by atoms with Crippen LogP contribution in [-0.2, 0) is 38.7 Å². The van der Waals surface area contributed by atoms with Gasteiger partial charge in [-0.25, -0.2) is 0 Å². The third kappa shape index (κ3) is 9.75. The molecule has 0 aliphatic rings. The van der Waals surface area contributed by atoms with Crippen LogP contribution in [0, 0.1) is 5.92 Å². The van der Waals surface area contributed by atoms with Crippen LogP contribution in [0.4, 0.5) is 0 Å². The molecule has 184 valence electrons. The third-order valence-corrected chi connectivity index (χ3v) is 5.58. The number of benzene rings is 3. The first-order valence-electron chi connectivity index (χ1n) is 12.2. The second kappa shape index (κ2) is 14.1. The largest absolute Gasteiger partial charge is 0.461 e. The lowest BCUT2D eigenvalue weighted by molar-refractivity contribution is -0.149. The molecule has 0 bridgehead atoms. The van der Waals surface area contributed by atoms with E-state index in [-0.39, 0.29) is 31.6 Å². The minimum absolute atomic E-state index is 0.185. The SMILES string of the molecule is CC(C)C[C@H](NCCC(=O)OCc1cccc(Cc2ccccc2)c1)C(=O)OCc1ccccc1. The van der Waals surface area contributed by atoms with Gasteiger partial charge in [0.15, 0.2) is 0 Å². The van der Waals surface area contributed by atoms with Crippen molar-refractivity contribution in [2.45, 2.75) is 52.4 Å². The molecule has 1 atom stereocenters. The van der Waals surface area contributed by atoms with Gasteiger partial charge in [-0.15, -0.1) is 0 Å². The molecule has 0 aliphatic heterocycles. The van der Waals surface area contributed by atoms with Gasteiger partial charge >= 0.3 is 11.9 Å². The quantitative estimate of drug-likeness (QED) is 0.334. The highest BCUT2D eigenvalue weighted by atomic mass is 16.5. The topological polar surface area (TPSA) is 64.6 Å². The van der Waals surface area contributed by atoms with Crippen molar-refractivity contribution < 1.29 is 19.1 Å². The van der Waals surface area contributed by atoms with Crippen LogP contribution in [0.25, 0.3) is 0 Å². The van der Waals surface area contributed by atoms with E-state index in [0.717, 1.165) is 17.5 Å². The molecule has 0 amide bonds. The Morgan fingerprint density at radius 2 is 1.34 bits per heavy atom. The van der Waals surface area contributed by atoms with Gasteiger partial charge in [-0.2, -0.15) is 0 Å². The Labute approximate surface area is 208 Å². The standard InChI is InChI=1S/C30H35NO4/c1-23(2)18-28(30(33)35-21-25-12-7-4-8-13-25)31-17-16-29(32)34-22-27-15-9-14-26(20-27)19-24-10-5-3-6-11-24/h3-15,20,23,28,31H,16-19,21-22H2,1-2H3/t28-/m0/s1. The van der Waals surface area contributed by atoms with Crippen molar-refractivity contribution in [1.29, 1.82) is 0 Å². The van der Waals surface area contributed by atoms with E-state index in [9.17, 15) is 9.59 Å². The number of rotatable bonds is 13. The van der Waals surface area contributed by atoms with Crippen LogP contribution in [-0.4, -0.2) is 24.5 Å². The lowest BCUT2D eigenvalue weighted by Crippen LogP contribution is -2.40. The Hall–Kier alpha value is -3.44. The zero-order valence-electron chi connectivity index (χ0n) is 20.6. The van der Waals surface area contributed by atoms with Gasteiger partial charge in [0.2, 0.25) is 0 Å². The molecule has 0 fully saturated rings. The molecule has 3 aromatic carbocycles. The summed E-state index contributed by atoms with van der Waals surface area (Å²) >= 11 is 0. The summed E-state index contributed by atoms with van der Waals surface area (Å²) in [6.07, 6.45) is 1.66. The van der Waals surface area contributed by atoms with E-state index in [1.807, 2.05) is 60.7 Å². The van der Waals surface area contributed by atoms with Crippen molar-refractivity contribution >= 4 is 11.9 Å². The smallest absolute Gasteiger partial charge is 0.323 e. The molecule has 3 rings (SSSR count). The number of nitrogens with one attached hydrogen (secondary N) is 1. The fourth-order valence-electron chi connectivity index (χ4n) is 3.81. The highest BCUT2D eigenvalue weighted by molar-refractivity contribution is 5.76. The van der Waals surface area contributed by atoms with Gasteiger partial charge in [0.05, 0.1) is 6.42 Å². The normalized spacial score (nSPS) is 11.7. The van der Waals surface area contributed by atoms with Crippen molar-refractivity contribution in [3.63, 3.8) is 0 Å². The van der Waals surface area contributed by atoms with Gasteiger partial charge in [0.1, 0.15) is 19.3 Å². The van der Waals surface area contributed by atoms with Gasteiger partial charge in [-0.1, -0.05) is 98.8 Å². The van der Waals surface area contributed by atoms with Crippen LogP contribution in [0.3, 0.4) is 0 Å². The van der Waals surface area contributed by atoms with E-state index in [4.69, 9.17) is 9.47 Å². The first kappa shape index (κ1) is 26.2. The minimum atomic E-state index is -0.457. The van der Waals surface area contributed by atoms with Crippen molar-refractivity contribution in [3.8, 4) is 0 Å². The average molecular weight is 474 g/mol. The summed E-state index contributed by atoms with van der Waals surface area (Å²) in [5, 5.41) is 3.18. The van der Waals surface area contributed by atoms with Crippen LogP contribution in [0.15, 0.2) is 84.9 Å². The number of hydrogen-bond acceptors (Lipinski definition) is 5. The second-order valence-electron chi connectivity index (χ2n) is 9.12. The summed E-state index contributed by atoms with van der Waals surface area (Å²) < 4.78 is 11.0. The van der Waals surface area contributed by atoms with Crippen LogP contribution < -0.4 is 5.32 Å². The molecule has 5 nitrogen and oxygen atoms in total. The zero-order valence-corrected chi connectivity index (χ0v) is 20.6. The number of carbonyl (C=O) groups is 2. The maximum atomic E-state index is 12.6. The number of hydrogen-bond donors (Lipinski definition) is 1. The van der Waals surface area contributed by atoms with E-state index >= 15 is 0 Å². The fourth-order valence-corrected chi connectivity index (χ4v) is 3.81. The molecule has 0 saturated carbocycles. The van der Waals surface area contributed by atoms with Gasteiger partial charge in [0, 0.05) is 6.54 Å². The van der Waals surface area contributed by atoms with Crippen LogP contribution in [0.2, 0.25) is 0 Å². The van der Waals surface area contributed by atoms with Crippen LogP contribution in [0.1, 0.15) is 48.9 Å². The van der Waals surface area contributed by atoms with E-state index < -0.39 is 6.04 Å². The van der Waals surface area contributed by atoms with E-state index in [1.165, 1.54) is 11.1 Å². The average Bonchev–Trinajstić information content (AvgIpc) is 2.87. The fraction of sp³-hybridized carbons (Fsp3) is 0.333. The molecule has 1 N–H and O–H groups in total. The van der Waals surface area contributed by atoms with E-state index in [1.54, 1.807) is 0 Å². The van der Waals surface area contributed by atoms with Crippen LogP contribution >= 0.6 is 0 Å². The molecule has 3 aromatic rings. The second-order valence-corrected chi connectivity index (χ2v) is 9.12. The molecule has 0 spiro atoms. The Kier molecular flexibility index (Phi) is 10.5. The summed E-state index contributed by atoms with van der Waals surface area (Å²) in [7, 11) is 0. The Morgan fingerprint density at radius 3 is 2.03 bits per heavy atom. The van der Waals surface area contributed by atoms with Gasteiger partial charge in [-0.05, 0) is 41.0 Å². The van der Waals surface area contributed by atoms with E-state index in [0.29, 0.717) is 18.9 Å². The molecule has 0 radical (unpaired) electrons. The molecule has 5 heteroatoms. The molecular formula is C30H35NO4. The summed E-state index contributed by atoms with van der Waals surface area (Å²) in [4.78, 5) is 24.9. The number of ether oxygens (including phenoxy) is 2. The lowest BCUT2D eigenvalue weighted by atomic mass is 10.0. The van der Waals surface area contributed by atoms with Crippen molar-refractivity contribution in [1.82, 2.24) is 5.32 Å². The molecule has 0 heterocycles. The zero-order chi connectivity index (χ0) is 24.9. The van der Waals surface area contributed by atoms with Gasteiger partial charge < -0.3 is 14.8 Å². The first-order chi connectivity index (χ1) is 17.0. The predicted octanol–water partition coefficient (Wildman–Crippen LogP) is 5.46. The summed E-state index contributed by atoms with van der Waals surface area (Å²) in [5.41, 5.74) is 4.32. The molecule has 0 saturated heterocycles. The predicted molar refractivity (Wildman–Crippen MR) is 138 cm³/mol.